The molecule has 0 fully saturated rings. The van der Waals surface area contributed by atoms with Crippen LogP contribution in [-0.2, 0) is 11.2 Å². The predicted octanol–water partition coefficient (Wildman–Crippen LogP) is 11.8. The third-order valence-corrected chi connectivity index (χ3v) is 11.2. The van der Waals surface area contributed by atoms with E-state index >= 15 is 0 Å². The number of carbonyl (C=O) groups is 2. The molecule has 0 saturated carbocycles. The summed E-state index contributed by atoms with van der Waals surface area (Å²) in [5.74, 6) is 0.998. The van der Waals surface area contributed by atoms with Crippen molar-refractivity contribution in [1.82, 2.24) is 20.6 Å². The Balaban J connectivity index is 1.69. The van der Waals surface area contributed by atoms with Crippen molar-refractivity contribution < 1.29 is 19.4 Å². The van der Waals surface area contributed by atoms with E-state index in [2.05, 4.69) is 118 Å². The van der Waals surface area contributed by atoms with Gasteiger partial charge in [0.1, 0.15) is 11.6 Å². The van der Waals surface area contributed by atoms with Crippen LogP contribution in [0, 0.1) is 6.92 Å². The molecule has 10 heteroatoms. The van der Waals surface area contributed by atoms with Crippen molar-refractivity contribution in [3.05, 3.63) is 110 Å². The number of anilines is 2. The SMILES string of the molecule is CCCC(CO)Nc1nc(N)nc(C)c1Cc1ccc(C(=O)NCCNC(=O)CC/C(C)=C/CC/C(C)=C/CC/C(C)=C/CC/C=C(\C)CC/C=C(\C)CCC=C(C)C)cc1OC. The molecular weight excluding hydrogens is 785 g/mol. The number of carbonyl (C=O) groups excluding carboxylic acids is 2. The number of hydrogen-bond acceptors (Lipinski definition) is 8. The van der Waals surface area contributed by atoms with Gasteiger partial charge in [0.05, 0.1) is 19.8 Å². The van der Waals surface area contributed by atoms with Gasteiger partial charge in [0.2, 0.25) is 11.9 Å². The molecule has 1 heterocycles. The number of nitrogen functional groups attached to an aromatic ring is 1. The predicted molar refractivity (Wildman–Crippen MR) is 265 cm³/mol. The summed E-state index contributed by atoms with van der Waals surface area (Å²) in [5.41, 5.74) is 17.3. The zero-order valence-electron chi connectivity index (χ0n) is 40.6. The fraction of sp³-hybridized carbons (Fsp3) is 0.547. The first-order chi connectivity index (χ1) is 30.1. The van der Waals surface area contributed by atoms with E-state index in [0.717, 1.165) is 93.9 Å². The Hall–Kier alpha value is -4.96. The van der Waals surface area contributed by atoms with Crippen LogP contribution in [0.3, 0.4) is 0 Å². The van der Waals surface area contributed by atoms with Crippen LogP contribution in [0.4, 0.5) is 11.8 Å². The number of amides is 2. The molecule has 6 N–H and O–H groups in total. The number of rotatable bonds is 30. The molecule has 2 rings (SSSR count). The molecule has 10 nitrogen and oxygen atoms in total. The number of nitrogens with two attached hydrogens (primary N) is 1. The number of methoxy groups -OCH3 is 1. The van der Waals surface area contributed by atoms with E-state index in [1.54, 1.807) is 19.2 Å². The largest absolute Gasteiger partial charge is 0.496 e. The van der Waals surface area contributed by atoms with Gasteiger partial charge >= 0.3 is 0 Å². The van der Waals surface area contributed by atoms with Crippen LogP contribution in [0.2, 0.25) is 0 Å². The minimum atomic E-state index is -0.256. The normalized spacial score (nSPS) is 13.2. The molecule has 1 aromatic carbocycles. The summed E-state index contributed by atoms with van der Waals surface area (Å²) in [5, 5.41) is 19.0. The van der Waals surface area contributed by atoms with Crippen LogP contribution in [0.15, 0.2) is 88.1 Å². The molecular formula is C53H82N6O4. The molecule has 1 atom stereocenters. The number of aromatic nitrogens is 2. The lowest BCUT2D eigenvalue weighted by Gasteiger charge is -2.20. The van der Waals surface area contributed by atoms with Crippen molar-refractivity contribution in [2.24, 2.45) is 0 Å². The Bertz CT molecular complexity index is 1920. The molecule has 0 aliphatic carbocycles. The lowest BCUT2D eigenvalue weighted by molar-refractivity contribution is -0.121. The van der Waals surface area contributed by atoms with Gasteiger partial charge in [0.25, 0.3) is 5.91 Å². The van der Waals surface area contributed by atoms with Crippen LogP contribution in [0.1, 0.15) is 172 Å². The number of aliphatic hydroxyl groups excluding tert-OH is 1. The quantitative estimate of drug-likeness (QED) is 0.0384. The number of allylic oxidation sites excluding steroid dienone is 12. The highest BCUT2D eigenvalue weighted by molar-refractivity contribution is 5.94. The lowest BCUT2D eigenvalue weighted by atomic mass is 10.0. The number of unbranched alkanes of at least 4 members (excludes halogenated alkanes) is 1. The van der Waals surface area contributed by atoms with Crippen molar-refractivity contribution in [3.8, 4) is 5.75 Å². The number of benzene rings is 1. The minimum Gasteiger partial charge on any atom is -0.496 e. The Kier molecular flexibility index (Phi) is 26.6. The average Bonchev–Trinajstić information content (AvgIpc) is 3.23. The van der Waals surface area contributed by atoms with Crippen molar-refractivity contribution in [3.63, 3.8) is 0 Å². The van der Waals surface area contributed by atoms with Crippen molar-refractivity contribution in [2.75, 3.05) is 37.9 Å². The van der Waals surface area contributed by atoms with Gasteiger partial charge in [-0.15, -0.1) is 0 Å². The van der Waals surface area contributed by atoms with Crippen molar-refractivity contribution >= 4 is 23.6 Å². The summed E-state index contributed by atoms with van der Waals surface area (Å²) >= 11 is 0. The Morgan fingerprint density at radius 1 is 0.730 bits per heavy atom. The zero-order chi connectivity index (χ0) is 46.6. The summed E-state index contributed by atoms with van der Waals surface area (Å²) < 4.78 is 5.68. The lowest BCUT2D eigenvalue weighted by Crippen LogP contribution is -2.34. The highest BCUT2D eigenvalue weighted by Crippen LogP contribution is 2.28. The van der Waals surface area contributed by atoms with Crippen molar-refractivity contribution in [1.29, 1.82) is 0 Å². The Morgan fingerprint density at radius 2 is 1.25 bits per heavy atom. The summed E-state index contributed by atoms with van der Waals surface area (Å²) in [4.78, 5) is 34.4. The maximum atomic E-state index is 13.0. The van der Waals surface area contributed by atoms with Gasteiger partial charge < -0.3 is 31.5 Å². The molecule has 1 unspecified atom stereocenters. The highest BCUT2D eigenvalue weighted by Gasteiger charge is 2.18. The molecule has 0 spiro atoms. The first-order valence-corrected chi connectivity index (χ1v) is 23.3. The third kappa shape index (κ3) is 23.3. The highest BCUT2D eigenvalue weighted by atomic mass is 16.5. The number of ether oxygens (including phenoxy) is 1. The molecule has 348 valence electrons. The van der Waals surface area contributed by atoms with E-state index in [9.17, 15) is 14.7 Å². The smallest absolute Gasteiger partial charge is 0.251 e. The number of aryl methyl sites for hydroxylation is 1. The zero-order valence-corrected chi connectivity index (χ0v) is 40.6. The van der Waals surface area contributed by atoms with Crippen LogP contribution in [-0.4, -0.2) is 59.7 Å². The third-order valence-electron chi connectivity index (χ3n) is 11.2. The second-order valence-corrected chi connectivity index (χ2v) is 17.4. The van der Waals surface area contributed by atoms with E-state index < -0.39 is 0 Å². The van der Waals surface area contributed by atoms with Gasteiger partial charge in [-0.1, -0.05) is 89.3 Å². The summed E-state index contributed by atoms with van der Waals surface area (Å²) in [6, 6.07) is 5.16. The Morgan fingerprint density at radius 3 is 1.78 bits per heavy atom. The number of aliphatic hydroxyl groups is 1. The second-order valence-electron chi connectivity index (χ2n) is 17.4. The molecule has 0 bridgehead atoms. The molecule has 0 aliphatic rings. The van der Waals surface area contributed by atoms with Gasteiger partial charge in [-0.05, 0) is 150 Å². The van der Waals surface area contributed by atoms with Crippen LogP contribution in [0.25, 0.3) is 0 Å². The molecule has 0 saturated heterocycles. The fourth-order valence-electron chi connectivity index (χ4n) is 7.20. The van der Waals surface area contributed by atoms with Gasteiger partial charge in [0.15, 0.2) is 0 Å². The minimum absolute atomic E-state index is 0.0304. The summed E-state index contributed by atoms with van der Waals surface area (Å²) in [6.45, 7) is 19.9. The van der Waals surface area contributed by atoms with Gasteiger partial charge in [-0.3, -0.25) is 9.59 Å². The van der Waals surface area contributed by atoms with Crippen LogP contribution in [0.5, 0.6) is 5.75 Å². The van der Waals surface area contributed by atoms with E-state index in [1.807, 2.05) is 13.0 Å². The van der Waals surface area contributed by atoms with E-state index in [0.29, 0.717) is 49.5 Å². The maximum Gasteiger partial charge on any atom is 0.251 e. The van der Waals surface area contributed by atoms with E-state index in [1.165, 1.54) is 33.4 Å². The fourth-order valence-corrected chi connectivity index (χ4v) is 7.20. The molecule has 63 heavy (non-hydrogen) atoms. The molecule has 2 aromatic rings. The first kappa shape index (κ1) is 54.2. The van der Waals surface area contributed by atoms with Crippen molar-refractivity contribution in [2.45, 2.75) is 165 Å². The molecule has 0 radical (unpaired) electrons. The van der Waals surface area contributed by atoms with Gasteiger partial charge in [-0.2, -0.15) is 4.98 Å². The van der Waals surface area contributed by atoms with Crippen LogP contribution < -0.4 is 26.4 Å². The van der Waals surface area contributed by atoms with Gasteiger partial charge in [0, 0.05) is 42.8 Å². The maximum absolute atomic E-state index is 13.0. The molecule has 2 amide bonds. The first-order valence-electron chi connectivity index (χ1n) is 23.3. The monoisotopic (exact) mass is 867 g/mol. The molecule has 0 aliphatic heterocycles. The number of nitrogens with one attached hydrogen (secondary N) is 3. The van der Waals surface area contributed by atoms with E-state index in [-0.39, 0.29) is 30.4 Å². The second kappa shape index (κ2) is 31.0. The summed E-state index contributed by atoms with van der Waals surface area (Å²) in [6.07, 6.45) is 28.4. The standard InChI is InChI=1S/C53H82N6O4/c1-11-18-47(37-60)58-51-48(44(9)57-53(54)59-51)35-45-30-31-46(36-49(45)63-10)52(62)56-34-33-55-50(61)32-29-43(8)28-17-27-42(7)26-16-24-40(5)21-13-12-20-39(4)23-15-25-41(6)22-14-19-38(2)3/h19-21,25-26,28,30-31,36,47,60H,11-18,22-24,27,29,32-35,37H2,1-10H3,(H,55,61)(H,56,62)(H3,54,57,58,59)/b39-20+,40-21+,41-25+,42-26+,43-28+. The molecule has 1 aromatic heterocycles. The van der Waals surface area contributed by atoms with Gasteiger partial charge in [-0.25, -0.2) is 4.98 Å². The summed E-state index contributed by atoms with van der Waals surface area (Å²) in [7, 11) is 1.57. The number of hydrogen-bond donors (Lipinski definition) is 5. The van der Waals surface area contributed by atoms with Crippen LogP contribution >= 0.6 is 0 Å². The topological polar surface area (TPSA) is 151 Å². The number of nitrogens with zero attached hydrogens (tertiary/aromatic N) is 2. The Labute approximate surface area is 381 Å². The van der Waals surface area contributed by atoms with E-state index in [4.69, 9.17) is 10.5 Å². The average molecular weight is 867 g/mol.